The number of aromatic nitrogens is 1. The number of hydrogen-bond donors (Lipinski definition) is 1. The first-order valence-electron chi connectivity index (χ1n) is 4.74. The Kier molecular flexibility index (Phi) is 3.38. The molecule has 1 saturated heterocycles. The van der Waals surface area contributed by atoms with Crippen LogP contribution < -0.4 is 0 Å². The first kappa shape index (κ1) is 10.4. The van der Waals surface area contributed by atoms with Crippen LogP contribution in [0.25, 0.3) is 0 Å². The van der Waals surface area contributed by atoms with Gasteiger partial charge in [0.15, 0.2) is 4.47 Å². The van der Waals surface area contributed by atoms with Crippen molar-refractivity contribution in [1.29, 1.82) is 0 Å². The molecular weight excluding hydrogens is 220 g/mol. The average molecular weight is 233 g/mol. The molecule has 1 aliphatic heterocycles. The quantitative estimate of drug-likeness (QED) is 0.844. The van der Waals surface area contributed by atoms with Gasteiger partial charge in [-0.05, 0) is 19.4 Å². The normalized spacial score (nSPS) is 24.0. The van der Waals surface area contributed by atoms with E-state index in [0.29, 0.717) is 4.47 Å². The highest BCUT2D eigenvalue weighted by Gasteiger charge is 2.18. The highest BCUT2D eigenvalue weighted by atomic mass is 35.5. The topological polar surface area (TPSA) is 36.4 Å². The van der Waals surface area contributed by atoms with E-state index in [2.05, 4.69) is 9.88 Å². The van der Waals surface area contributed by atoms with E-state index in [-0.39, 0.29) is 6.10 Å². The fourth-order valence-electron chi connectivity index (χ4n) is 1.75. The van der Waals surface area contributed by atoms with Gasteiger partial charge in [-0.25, -0.2) is 4.98 Å². The maximum absolute atomic E-state index is 9.48. The molecule has 1 fully saturated rings. The summed E-state index contributed by atoms with van der Waals surface area (Å²) < 4.78 is 0.595. The average Bonchev–Trinajstić information content (AvgIpc) is 2.51. The third-order valence-electron chi connectivity index (χ3n) is 2.39. The van der Waals surface area contributed by atoms with Crippen molar-refractivity contribution in [3.05, 3.63) is 15.5 Å². The number of hydrogen-bond acceptors (Lipinski definition) is 4. The molecule has 0 aromatic carbocycles. The summed E-state index contributed by atoms with van der Waals surface area (Å²) in [4.78, 5) is 7.41. The molecule has 2 rings (SSSR count). The highest BCUT2D eigenvalue weighted by Crippen LogP contribution is 2.21. The van der Waals surface area contributed by atoms with Crippen LogP contribution in [0.15, 0.2) is 6.20 Å². The minimum absolute atomic E-state index is 0.160. The van der Waals surface area contributed by atoms with Gasteiger partial charge < -0.3 is 5.11 Å². The Morgan fingerprint density at radius 2 is 2.57 bits per heavy atom. The van der Waals surface area contributed by atoms with Crippen molar-refractivity contribution in [1.82, 2.24) is 9.88 Å². The van der Waals surface area contributed by atoms with Crippen molar-refractivity contribution < 1.29 is 5.11 Å². The number of likely N-dealkylation sites (tertiary alicyclic amines) is 1. The van der Waals surface area contributed by atoms with Gasteiger partial charge >= 0.3 is 0 Å². The molecule has 0 amide bonds. The van der Waals surface area contributed by atoms with Crippen LogP contribution in [0.5, 0.6) is 0 Å². The van der Waals surface area contributed by atoms with Crippen LogP contribution in [0.4, 0.5) is 0 Å². The summed E-state index contributed by atoms with van der Waals surface area (Å²) in [5.74, 6) is 0. The summed E-state index contributed by atoms with van der Waals surface area (Å²) >= 11 is 7.26. The minimum atomic E-state index is -0.160. The molecule has 2 heterocycles. The standard InChI is InChI=1S/C9H13ClN2OS/c10-9-11-4-8(14-9)6-12-3-1-2-7(13)5-12/h4,7,13H,1-3,5-6H2/t7-/m0/s1. The molecule has 1 atom stereocenters. The van der Waals surface area contributed by atoms with E-state index in [9.17, 15) is 5.11 Å². The number of aliphatic hydroxyl groups is 1. The van der Waals surface area contributed by atoms with Crippen molar-refractivity contribution in [2.24, 2.45) is 0 Å². The number of thiazole rings is 1. The highest BCUT2D eigenvalue weighted by molar-refractivity contribution is 7.15. The van der Waals surface area contributed by atoms with Crippen molar-refractivity contribution in [2.45, 2.75) is 25.5 Å². The van der Waals surface area contributed by atoms with Gasteiger partial charge in [0.1, 0.15) is 0 Å². The second kappa shape index (κ2) is 4.57. The lowest BCUT2D eigenvalue weighted by Crippen LogP contribution is -2.37. The van der Waals surface area contributed by atoms with E-state index in [0.717, 1.165) is 32.5 Å². The SMILES string of the molecule is O[C@H]1CCCN(Cc2cnc(Cl)s2)C1. The number of piperidine rings is 1. The predicted molar refractivity (Wildman–Crippen MR) is 57.6 cm³/mol. The maximum atomic E-state index is 9.48. The zero-order chi connectivity index (χ0) is 9.97. The van der Waals surface area contributed by atoms with Gasteiger partial charge in [0.25, 0.3) is 0 Å². The molecule has 1 aromatic rings. The Balaban J connectivity index is 1.90. The minimum Gasteiger partial charge on any atom is -0.392 e. The fraction of sp³-hybridized carbons (Fsp3) is 0.667. The largest absolute Gasteiger partial charge is 0.392 e. The van der Waals surface area contributed by atoms with Crippen LogP contribution in [-0.4, -0.2) is 34.2 Å². The molecule has 0 radical (unpaired) electrons. The first-order valence-corrected chi connectivity index (χ1v) is 5.94. The number of aliphatic hydroxyl groups excluding tert-OH is 1. The van der Waals surface area contributed by atoms with Crippen LogP contribution in [0, 0.1) is 0 Å². The summed E-state index contributed by atoms with van der Waals surface area (Å²) in [6, 6.07) is 0. The molecule has 0 aliphatic carbocycles. The van der Waals surface area contributed by atoms with Crippen molar-refractivity contribution >= 4 is 22.9 Å². The molecule has 1 N–H and O–H groups in total. The Morgan fingerprint density at radius 1 is 1.71 bits per heavy atom. The summed E-state index contributed by atoms with van der Waals surface area (Å²) in [6.07, 6.45) is 3.66. The summed E-state index contributed by atoms with van der Waals surface area (Å²) in [5.41, 5.74) is 0. The van der Waals surface area contributed by atoms with Crippen molar-refractivity contribution in [3.8, 4) is 0 Å². The number of halogens is 1. The van der Waals surface area contributed by atoms with Gasteiger partial charge in [-0.1, -0.05) is 11.6 Å². The summed E-state index contributed by atoms with van der Waals surface area (Å²) in [7, 11) is 0. The Labute approximate surface area is 92.3 Å². The Morgan fingerprint density at radius 3 is 3.21 bits per heavy atom. The van der Waals surface area contributed by atoms with E-state index in [1.54, 1.807) is 0 Å². The lowest BCUT2D eigenvalue weighted by molar-refractivity contribution is 0.0673. The predicted octanol–water partition coefficient (Wildman–Crippen LogP) is 1.75. The van der Waals surface area contributed by atoms with Crippen LogP contribution in [0.2, 0.25) is 4.47 Å². The molecule has 1 aromatic heterocycles. The molecule has 3 nitrogen and oxygen atoms in total. The van der Waals surface area contributed by atoms with E-state index in [4.69, 9.17) is 11.6 Å². The molecular formula is C9H13ClN2OS. The summed E-state index contributed by atoms with van der Waals surface area (Å²) in [6.45, 7) is 2.70. The van der Waals surface area contributed by atoms with Crippen molar-refractivity contribution in [3.63, 3.8) is 0 Å². The maximum Gasteiger partial charge on any atom is 0.183 e. The van der Waals surface area contributed by atoms with E-state index in [1.165, 1.54) is 16.2 Å². The molecule has 78 valence electrons. The fourth-order valence-corrected chi connectivity index (χ4v) is 2.77. The van der Waals surface area contributed by atoms with E-state index < -0.39 is 0 Å². The molecule has 5 heteroatoms. The van der Waals surface area contributed by atoms with Gasteiger partial charge in [0, 0.05) is 24.2 Å². The smallest absolute Gasteiger partial charge is 0.183 e. The lowest BCUT2D eigenvalue weighted by Gasteiger charge is -2.29. The second-order valence-electron chi connectivity index (χ2n) is 3.61. The van der Waals surface area contributed by atoms with Crippen LogP contribution in [-0.2, 0) is 6.54 Å². The van der Waals surface area contributed by atoms with Gasteiger partial charge in [0.2, 0.25) is 0 Å². The third kappa shape index (κ3) is 2.67. The number of rotatable bonds is 2. The Hall–Kier alpha value is -0.160. The first-order chi connectivity index (χ1) is 6.74. The van der Waals surface area contributed by atoms with Crippen LogP contribution in [0.3, 0.4) is 0 Å². The monoisotopic (exact) mass is 232 g/mol. The summed E-state index contributed by atoms with van der Waals surface area (Å²) in [5, 5.41) is 9.48. The van der Waals surface area contributed by atoms with Crippen molar-refractivity contribution in [2.75, 3.05) is 13.1 Å². The van der Waals surface area contributed by atoms with Gasteiger partial charge in [0.05, 0.1) is 6.10 Å². The molecule has 1 aliphatic rings. The zero-order valence-corrected chi connectivity index (χ0v) is 9.39. The number of nitrogens with zero attached hydrogens (tertiary/aromatic N) is 2. The van der Waals surface area contributed by atoms with Crippen LogP contribution in [0.1, 0.15) is 17.7 Å². The molecule has 0 bridgehead atoms. The van der Waals surface area contributed by atoms with Gasteiger partial charge in [-0.15, -0.1) is 11.3 Å². The zero-order valence-electron chi connectivity index (χ0n) is 7.82. The van der Waals surface area contributed by atoms with E-state index in [1.807, 2.05) is 6.20 Å². The third-order valence-corrected chi connectivity index (χ3v) is 3.49. The lowest BCUT2D eigenvalue weighted by atomic mass is 10.1. The van der Waals surface area contributed by atoms with Crippen LogP contribution >= 0.6 is 22.9 Å². The molecule has 0 unspecified atom stereocenters. The number of β-amino-alcohol motifs (C(OH)–C–C–N with tert-alkyl or cyclic N) is 1. The molecule has 14 heavy (non-hydrogen) atoms. The van der Waals surface area contributed by atoms with E-state index >= 15 is 0 Å². The second-order valence-corrected chi connectivity index (χ2v) is 5.31. The Bertz CT molecular complexity index is 305. The van der Waals surface area contributed by atoms with Gasteiger partial charge in [-0.2, -0.15) is 0 Å². The molecule has 0 saturated carbocycles. The van der Waals surface area contributed by atoms with Gasteiger partial charge in [-0.3, -0.25) is 4.90 Å². The molecule has 0 spiro atoms.